The highest BCUT2D eigenvalue weighted by Crippen LogP contribution is 2.67. The molecule has 4 rings (SSSR count). The molecule has 0 aromatic rings. The Labute approximate surface area is 151 Å². The van der Waals surface area contributed by atoms with Crippen molar-refractivity contribution in [2.24, 2.45) is 34.5 Å². The minimum Gasteiger partial charge on any atom is -0.396 e. The van der Waals surface area contributed by atoms with Crippen molar-refractivity contribution in [3.8, 4) is 0 Å². The topological polar surface area (TPSA) is 41.7 Å². The summed E-state index contributed by atoms with van der Waals surface area (Å²) >= 11 is 0. The van der Waals surface area contributed by atoms with Crippen molar-refractivity contribution in [1.82, 2.24) is 0 Å². The average molecular weight is 339 g/mol. The van der Waals surface area contributed by atoms with Gasteiger partial charge in [0.2, 0.25) is 0 Å². The minimum absolute atomic E-state index is 0.0812. The lowest BCUT2D eigenvalue weighted by atomic mass is 9.44. The number of carbonyl (C=O) groups excluding carboxylic acids is 1. The second-order valence-corrected chi connectivity index (χ2v) is 9.27. The maximum atomic E-state index is 12.0. The molecule has 0 heterocycles. The Morgan fingerprint density at radius 3 is 2.80 bits per heavy atom. The molecule has 3 saturated carbocycles. The monoisotopic (exact) mass is 339 g/mol. The van der Waals surface area contributed by atoms with Gasteiger partial charge in [0.1, 0.15) is 0 Å². The number of ketones is 1. The third-order valence-electron chi connectivity index (χ3n) is 8.35. The highest BCUT2D eigenvalue weighted by atomic mass is 16.3. The molecule has 6 atom stereocenters. The number of nitrogens with zero attached hydrogens (tertiary/aromatic N) is 1. The summed E-state index contributed by atoms with van der Waals surface area (Å²) < 4.78 is 0. The number of rotatable bonds is 1. The molecule has 3 nitrogen and oxygen atoms in total. The molecule has 0 aromatic heterocycles. The molecule has 3 fully saturated rings. The molecule has 0 spiro atoms. The van der Waals surface area contributed by atoms with E-state index in [4.69, 9.17) is 6.57 Å². The van der Waals surface area contributed by atoms with Gasteiger partial charge in [0.15, 0.2) is 12.0 Å². The van der Waals surface area contributed by atoms with E-state index >= 15 is 0 Å². The molecule has 0 amide bonds. The fourth-order valence-corrected chi connectivity index (χ4v) is 7.27. The van der Waals surface area contributed by atoms with E-state index in [1.165, 1.54) is 17.6 Å². The maximum Gasteiger partial charge on any atom is 0.155 e. The molecule has 0 aromatic carbocycles. The lowest BCUT2D eigenvalue weighted by Gasteiger charge is -2.60. The Morgan fingerprint density at radius 2 is 2.08 bits per heavy atom. The first-order chi connectivity index (χ1) is 11.9. The number of hydrogen-bond donors (Lipinski definition) is 1. The summed E-state index contributed by atoms with van der Waals surface area (Å²) in [4.78, 5) is 15.5. The van der Waals surface area contributed by atoms with Gasteiger partial charge in [-0.15, -0.1) is 0 Å². The Bertz CT molecular complexity index is 699. The van der Waals surface area contributed by atoms with Crippen LogP contribution in [0.3, 0.4) is 0 Å². The molecular weight excluding hydrogens is 310 g/mol. The van der Waals surface area contributed by atoms with Crippen LogP contribution in [0.15, 0.2) is 23.4 Å². The second kappa shape index (κ2) is 5.81. The zero-order chi connectivity index (χ0) is 17.8. The average Bonchev–Trinajstić information content (AvgIpc) is 2.91. The highest BCUT2D eigenvalue weighted by Gasteiger charge is 2.60. The Morgan fingerprint density at radius 1 is 1.28 bits per heavy atom. The summed E-state index contributed by atoms with van der Waals surface area (Å²) in [6.07, 6.45) is 10.7. The summed E-state index contributed by atoms with van der Waals surface area (Å²) in [5.74, 6) is 2.29. The van der Waals surface area contributed by atoms with Gasteiger partial charge in [-0.05, 0) is 79.1 Å². The maximum absolute atomic E-state index is 12.0. The van der Waals surface area contributed by atoms with Crippen LogP contribution in [0, 0.1) is 41.1 Å². The smallest absolute Gasteiger partial charge is 0.155 e. The number of carbonyl (C=O) groups is 1. The lowest BCUT2D eigenvalue weighted by Crippen LogP contribution is -2.54. The van der Waals surface area contributed by atoms with Crippen LogP contribution in [0.1, 0.15) is 58.8 Å². The molecule has 0 aliphatic heterocycles. The number of aliphatic hydroxyl groups is 1. The van der Waals surface area contributed by atoms with Gasteiger partial charge in [-0.1, -0.05) is 25.0 Å². The predicted octanol–water partition coefficient (Wildman–Crippen LogP) is 4.54. The van der Waals surface area contributed by atoms with Crippen LogP contribution in [-0.2, 0) is 4.79 Å². The first-order valence-corrected chi connectivity index (χ1v) is 9.85. The molecule has 0 bridgehead atoms. The number of allylic oxidation sites excluding steroid dienone is 2. The normalized spacial score (nSPS) is 47.5. The van der Waals surface area contributed by atoms with Crippen molar-refractivity contribution in [2.75, 3.05) is 6.61 Å². The summed E-state index contributed by atoms with van der Waals surface area (Å²) in [7, 11) is 0. The summed E-state index contributed by atoms with van der Waals surface area (Å²) in [6, 6.07) is 0. The largest absolute Gasteiger partial charge is 0.396 e. The van der Waals surface area contributed by atoms with E-state index in [0.29, 0.717) is 24.2 Å². The van der Waals surface area contributed by atoms with Gasteiger partial charge < -0.3 is 5.11 Å². The van der Waals surface area contributed by atoms with Gasteiger partial charge in [-0.3, -0.25) is 4.79 Å². The molecule has 134 valence electrons. The van der Waals surface area contributed by atoms with Crippen LogP contribution in [0.5, 0.6) is 0 Å². The highest BCUT2D eigenvalue weighted by molar-refractivity contribution is 5.91. The third-order valence-corrected chi connectivity index (χ3v) is 8.35. The van der Waals surface area contributed by atoms with Crippen LogP contribution in [0.25, 0.3) is 4.85 Å². The number of aliphatic hydroxyl groups excluding tert-OH is 1. The molecule has 4 aliphatic rings. The van der Waals surface area contributed by atoms with Gasteiger partial charge >= 0.3 is 0 Å². The van der Waals surface area contributed by atoms with Crippen molar-refractivity contribution in [3.63, 3.8) is 0 Å². The Kier molecular flexibility index (Phi) is 3.96. The van der Waals surface area contributed by atoms with Crippen molar-refractivity contribution in [3.05, 3.63) is 34.8 Å². The molecular formula is C22H29NO2. The molecule has 0 unspecified atom stereocenters. The van der Waals surface area contributed by atoms with Crippen LogP contribution in [-0.4, -0.2) is 17.5 Å². The van der Waals surface area contributed by atoms with Gasteiger partial charge in [-0.25, -0.2) is 4.85 Å². The fourth-order valence-electron chi connectivity index (χ4n) is 7.27. The SMILES string of the molecule is [C-]#[N+]/C=C1/CC[C@H]2[C@@H]3CCC4=CC(=O)CC[C@]4(C)[C@H]3[C@@H](CO)C[C@]12C. The van der Waals surface area contributed by atoms with Crippen molar-refractivity contribution >= 4 is 5.78 Å². The zero-order valence-corrected chi connectivity index (χ0v) is 15.4. The van der Waals surface area contributed by atoms with E-state index in [1.807, 2.05) is 6.08 Å². The Hall–Kier alpha value is -1.40. The first-order valence-electron chi connectivity index (χ1n) is 9.85. The van der Waals surface area contributed by atoms with Gasteiger partial charge in [0.05, 0.1) is 6.57 Å². The van der Waals surface area contributed by atoms with Gasteiger partial charge in [-0.2, -0.15) is 0 Å². The van der Waals surface area contributed by atoms with E-state index < -0.39 is 0 Å². The molecule has 3 heteroatoms. The van der Waals surface area contributed by atoms with Crippen molar-refractivity contribution < 1.29 is 9.90 Å². The van der Waals surface area contributed by atoms with Gasteiger partial charge in [0.25, 0.3) is 0 Å². The van der Waals surface area contributed by atoms with Crippen molar-refractivity contribution in [1.29, 1.82) is 0 Å². The van der Waals surface area contributed by atoms with Crippen LogP contribution in [0.4, 0.5) is 0 Å². The van der Waals surface area contributed by atoms with E-state index in [2.05, 4.69) is 18.7 Å². The third kappa shape index (κ3) is 2.30. The predicted molar refractivity (Wildman–Crippen MR) is 97.4 cm³/mol. The second-order valence-electron chi connectivity index (χ2n) is 9.27. The molecule has 25 heavy (non-hydrogen) atoms. The quantitative estimate of drug-likeness (QED) is 0.713. The summed E-state index contributed by atoms with van der Waals surface area (Å²) in [5.41, 5.74) is 2.83. The summed E-state index contributed by atoms with van der Waals surface area (Å²) in [5, 5.41) is 10.3. The van der Waals surface area contributed by atoms with E-state index in [1.54, 1.807) is 6.20 Å². The standard InChI is InChI=1S/C22H29NO2/c1-21-9-8-17(25)10-15(21)4-6-18-19-7-5-16(12-23-3)22(19,2)11-14(13-24)20(18)21/h10,12,14,18-20,24H,4-9,11,13H2,1-2H3/b16-12-/t14-,18+,19+,20+,21+,22-/m1/s1. The number of fused-ring (bicyclic) bond motifs is 5. The Balaban J connectivity index is 1.76. The van der Waals surface area contributed by atoms with Gasteiger partial charge in [0, 0.05) is 13.0 Å². The van der Waals surface area contributed by atoms with Crippen LogP contribution < -0.4 is 0 Å². The van der Waals surface area contributed by atoms with E-state index in [-0.39, 0.29) is 29.1 Å². The fraction of sp³-hybridized carbons (Fsp3) is 0.727. The first kappa shape index (κ1) is 17.0. The molecule has 4 aliphatic carbocycles. The van der Waals surface area contributed by atoms with Crippen LogP contribution in [0.2, 0.25) is 0 Å². The van der Waals surface area contributed by atoms with E-state index in [0.717, 1.165) is 32.1 Å². The molecule has 0 radical (unpaired) electrons. The lowest BCUT2D eigenvalue weighted by molar-refractivity contribution is -0.119. The molecule has 1 N–H and O–H groups in total. The zero-order valence-electron chi connectivity index (χ0n) is 15.4. The molecule has 0 saturated heterocycles. The van der Waals surface area contributed by atoms with Crippen LogP contribution >= 0.6 is 0 Å². The number of hydrogen-bond acceptors (Lipinski definition) is 2. The van der Waals surface area contributed by atoms with E-state index in [9.17, 15) is 9.90 Å². The minimum atomic E-state index is 0.0812. The summed E-state index contributed by atoms with van der Waals surface area (Å²) in [6.45, 7) is 12.2. The van der Waals surface area contributed by atoms with Crippen molar-refractivity contribution in [2.45, 2.75) is 58.8 Å².